The van der Waals surface area contributed by atoms with Gasteiger partial charge in [-0.1, -0.05) is 25.5 Å². The van der Waals surface area contributed by atoms with Crippen molar-refractivity contribution < 1.29 is 4.42 Å². The zero-order valence-corrected chi connectivity index (χ0v) is 19.4. The predicted molar refractivity (Wildman–Crippen MR) is 130 cm³/mol. The number of hydrogen-bond donors (Lipinski definition) is 2. The van der Waals surface area contributed by atoms with Crippen LogP contribution in [0.3, 0.4) is 0 Å². The molecule has 0 radical (unpaired) electrons. The zero-order valence-electron chi connectivity index (χ0n) is 18.6. The van der Waals surface area contributed by atoms with Crippen molar-refractivity contribution in [3.63, 3.8) is 0 Å². The third-order valence-electron chi connectivity index (χ3n) is 5.47. The van der Waals surface area contributed by atoms with Crippen molar-refractivity contribution in [1.82, 2.24) is 20.1 Å². The van der Waals surface area contributed by atoms with E-state index in [9.17, 15) is 4.79 Å². The second-order valence-electron chi connectivity index (χ2n) is 7.76. The van der Waals surface area contributed by atoms with Gasteiger partial charge in [0.05, 0.1) is 19.4 Å². The van der Waals surface area contributed by atoms with Gasteiger partial charge in [-0.25, -0.2) is 0 Å². The molecule has 0 unspecified atom stereocenters. The number of benzene rings is 1. The van der Waals surface area contributed by atoms with Gasteiger partial charge in [-0.3, -0.25) is 4.79 Å². The van der Waals surface area contributed by atoms with Crippen molar-refractivity contribution >= 4 is 28.2 Å². The quantitative estimate of drug-likeness (QED) is 0.366. The van der Waals surface area contributed by atoms with Crippen LogP contribution in [0.4, 0.5) is 0 Å². The third kappa shape index (κ3) is 6.42. The van der Waals surface area contributed by atoms with Crippen LogP contribution in [0.5, 0.6) is 0 Å². The normalized spacial score (nSPS) is 11.2. The van der Waals surface area contributed by atoms with Crippen molar-refractivity contribution in [2.24, 2.45) is 0 Å². The fourth-order valence-electron chi connectivity index (χ4n) is 3.63. The van der Waals surface area contributed by atoms with E-state index in [-0.39, 0.29) is 5.56 Å². The summed E-state index contributed by atoms with van der Waals surface area (Å²) in [4.78, 5) is 20.1. The van der Waals surface area contributed by atoms with Gasteiger partial charge in [0.25, 0.3) is 5.56 Å². The maximum absolute atomic E-state index is 12.7. The minimum atomic E-state index is -0.0925. The van der Waals surface area contributed by atoms with E-state index in [1.165, 1.54) is 0 Å². The van der Waals surface area contributed by atoms with Gasteiger partial charge in [0.15, 0.2) is 5.11 Å². The maximum atomic E-state index is 12.7. The molecule has 0 bridgehead atoms. The van der Waals surface area contributed by atoms with E-state index in [1.54, 1.807) is 6.26 Å². The van der Waals surface area contributed by atoms with Crippen molar-refractivity contribution in [1.29, 1.82) is 0 Å². The molecule has 0 saturated heterocycles. The Morgan fingerprint density at radius 2 is 1.97 bits per heavy atom. The molecule has 2 aromatic heterocycles. The number of rotatable bonds is 10. The topological polar surface area (TPSA) is 64.5 Å². The van der Waals surface area contributed by atoms with E-state index in [1.807, 2.05) is 42.2 Å². The fourth-order valence-corrected chi connectivity index (χ4v) is 3.87. The molecule has 3 rings (SSSR count). The van der Waals surface area contributed by atoms with Gasteiger partial charge in [0, 0.05) is 17.6 Å². The zero-order chi connectivity index (χ0) is 22.2. The molecule has 3 aromatic rings. The summed E-state index contributed by atoms with van der Waals surface area (Å²) in [6.45, 7) is 11.2. The lowest BCUT2D eigenvalue weighted by molar-refractivity contribution is 0.298. The van der Waals surface area contributed by atoms with Crippen LogP contribution in [0.15, 0.2) is 51.9 Å². The highest BCUT2D eigenvalue weighted by Gasteiger charge is 2.15. The largest absolute Gasteiger partial charge is 0.467 e. The minimum Gasteiger partial charge on any atom is -0.467 e. The molecular formula is C24H32N4O2S. The summed E-state index contributed by atoms with van der Waals surface area (Å²) < 4.78 is 5.53. The molecule has 0 aliphatic rings. The molecular weight excluding hydrogens is 408 g/mol. The van der Waals surface area contributed by atoms with Crippen LogP contribution in [-0.2, 0) is 13.1 Å². The highest BCUT2D eigenvalue weighted by molar-refractivity contribution is 7.80. The number of furan rings is 1. The first-order valence-electron chi connectivity index (χ1n) is 10.9. The first kappa shape index (κ1) is 23.0. The predicted octanol–water partition coefficient (Wildman–Crippen LogP) is 4.04. The molecule has 0 aliphatic heterocycles. The smallest absolute Gasteiger partial charge is 0.253 e. The molecule has 0 amide bonds. The van der Waals surface area contributed by atoms with Crippen molar-refractivity contribution in [3.8, 4) is 0 Å². The van der Waals surface area contributed by atoms with Crippen LogP contribution in [0.1, 0.15) is 37.2 Å². The summed E-state index contributed by atoms with van der Waals surface area (Å²) in [5.74, 6) is 0.806. The SMILES string of the molecule is CCN(CC)CCCNC(=S)N(Cc1ccco1)Cc1cc2cc(C)ccc2[nH]c1=O. The average molecular weight is 441 g/mol. The second kappa shape index (κ2) is 11.1. The van der Waals surface area contributed by atoms with Gasteiger partial charge in [-0.2, -0.15) is 0 Å². The monoisotopic (exact) mass is 440 g/mol. The van der Waals surface area contributed by atoms with Crippen LogP contribution in [0.25, 0.3) is 10.9 Å². The van der Waals surface area contributed by atoms with Crippen LogP contribution in [0, 0.1) is 6.92 Å². The number of aromatic nitrogens is 1. The number of H-pyrrole nitrogens is 1. The number of pyridine rings is 1. The van der Waals surface area contributed by atoms with Crippen LogP contribution >= 0.6 is 12.2 Å². The number of nitrogens with one attached hydrogen (secondary N) is 2. The lowest BCUT2D eigenvalue weighted by atomic mass is 10.1. The standard InChI is InChI=1S/C24H32N4O2S/c1-4-27(5-2)12-7-11-25-24(31)28(17-21-8-6-13-30-21)16-20-15-19-14-18(3)9-10-22(19)26-23(20)29/h6,8-10,13-15H,4-5,7,11-12,16-17H2,1-3H3,(H,25,31)(H,26,29). The summed E-state index contributed by atoms with van der Waals surface area (Å²) in [5.41, 5.74) is 2.58. The Hall–Kier alpha value is -2.64. The molecule has 1 aromatic carbocycles. The minimum absolute atomic E-state index is 0.0925. The Morgan fingerprint density at radius 1 is 1.16 bits per heavy atom. The molecule has 0 atom stereocenters. The molecule has 31 heavy (non-hydrogen) atoms. The van der Waals surface area contributed by atoms with Gasteiger partial charge in [-0.15, -0.1) is 0 Å². The maximum Gasteiger partial charge on any atom is 0.253 e. The Kier molecular flexibility index (Phi) is 8.26. The second-order valence-corrected chi connectivity index (χ2v) is 8.15. The molecule has 0 spiro atoms. The van der Waals surface area contributed by atoms with E-state index in [4.69, 9.17) is 16.6 Å². The Balaban J connectivity index is 1.73. The van der Waals surface area contributed by atoms with Crippen LogP contribution < -0.4 is 10.9 Å². The Labute approximate surface area is 189 Å². The number of aryl methyl sites for hydroxylation is 1. The number of hydrogen-bond acceptors (Lipinski definition) is 4. The molecule has 6 nitrogen and oxygen atoms in total. The molecule has 166 valence electrons. The van der Waals surface area contributed by atoms with Gasteiger partial charge in [0.1, 0.15) is 5.76 Å². The first-order valence-corrected chi connectivity index (χ1v) is 11.3. The number of aromatic amines is 1. The lowest BCUT2D eigenvalue weighted by Crippen LogP contribution is -2.41. The molecule has 2 heterocycles. The summed E-state index contributed by atoms with van der Waals surface area (Å²) in [6.07, 6.45) is 2.66. The van der Waals surface area contributed by atoms with E-state index in [0.717, 1.165) is 54.8 Å². The summed E-state index contributed by atoms with van der Waals surface area (Å²) >= 11 is 5.69. The fraction of sp³-hybridized carbons (Fsp3) is 0.417. The molecule has 0 saturated carbocycles. The van der Waals surface area contributed by atoms with Crippen LogP contribution in [0.2, 0.25) is 0 Å². The molecule has 2 N–H and O–H groups in total. The molecule has 0 aliphatic carbocycles. The summed E-state index contributed by atoms with van der Waals surface area (Å²) in [6, 6.07) is 11.8. The average Bonchev–Trinajstić information content (AvgIpc) is 3.27. The first-order chi connectivity index (χ1) is 15.0. The summed E-state index contributed by atoms with van der Waals surface area (Å²) in [7, 11) is 0. The van der Waals surface area contributed by atoms with Gasteiger partial charge in [0.2, 0.25) is 0 Å². The highest BCUT2D eigenvalue weighted by atomic mass is 32.1. The summed E-state index contributed by atoms with van der Waals surface area (Å²) in [5, 5.41) is 5.01. The van der Waals surface area contributed by atoms with E-state index < -0.39 is 0 Å². The van der Waals surface area contributed by atoms with Gasteiger partial charge in [-0.05, 0) is 80.9 Å². The van der Waals surface area contributed by atoms with E-state index in [0.29, 0.717) is 23.8 Å². The third-order valence-corrected chi connectivity index (χ3v) is 5.88. The Morgan fingerprint density at radius 3 is 2.68 bits per heavy atom. The molecule has 7 heteroatoms. The van der Waals surface area contributed by atoms with E-state index in [2.05, 4.69) is 35.1 Å². The van der Waals surface area contributed by atoms with Crippen molar-refractivity contribution in [2.45, 2.75) is 40.3 Å². The van der Waals surface area contributed by atoms with Crippen molar-refractivity contribution in [2.75, 3.05) is 26.2 Å². The van der Waals surface area contributed by atoms with Gasteiger partial charge < -0.3 is 24.5 Å². The lowest BCUT2D eigenvalue weighted by Gasteiger charge is -2.25. The number of fused-ring (bicyclic) bond motifs is 1. The van der Waals surface area contributed by atoms with E-state index >= 15 is 0 Å². The highest BCUT2D eigenvalue weighted by Crippen LogP contribution is 2.15. The Bertz CT molecular complexity index is 1040. The number of thiocarbonyl (C=S) groups is 1. The van der Waals surface area contributed by atoms with Crippen molar-refractivity contribution in [3.05, 3.63) is 69.9 Å². The number of nitrogens with zero attached hydrogens (tertiary/aromatic N) is 2. The van der Waals surface area contributed by atoms with Crippen LogP contribution in [-0.4, -0.2) is 46.1 Å². The molecule has 0 fully saturated rings. The van der Waals surface area contributed by atoms with Gasteiger partial charge >= 0.3 is 0 Å².